The molecule has 4 N–H and O–H groups in total. The molecule has 35 heavy (non-hydrogen) atoms. The number of hydrogen-bond acceptors (Lipinski definition) is 6. The third kappa shape index (κ3) is 5.14. The lowest BCUT2D eigenvalue weighted by Gasteiger charge is -2.29. The van der Waals surface area contributed by atoms with E-state index >= 15 is 0 Å². The molecule has 0 fully saturated rings. The number of aromatic nitrogens is 4. The molecule has 4 rings (SSSR count). The normalized spacial score (nSPS) is 14.9. The van der Waals surface area contributed by atoms with Crippen molar-refractivity contribution in [3.05, 3.63) is 53.1 Å². The molecule has 9 heteroatoms. The van der Waals surface area contributed by atoms with Gasteiger partial charge in [-0.15, -0.1) is 0 Å². The van der Waals surface area contributed by atoms with Crippen molar-refractivity contribution in [2.24, 2.45) is 17.1 Å². The number of nitrogens with two attached hydrogens (primary N) is 1. The predicted octanol–water partition coefficient (Wildman–Crippen LogP) is 3.54. The Morgan fingerprint density at radius 2 is 2.09 bits per heavy atom. The van der Waals surface area contributed by atoms with Crippen molar-refractivity contribution in [1.29, 1.82) is 0 Å². The van der Waals surface area contributed by atoms with Gasteiger partial charge in [-0.2, -0.15) is 10.2 Å². The molecular weight excluding hydrogens is 442 g/mol. The van der Waals surface area contributed by atoms with Crippen molar-refractivity contribution in [2.45, 2.75) is 47.5 Å². The lowest BCUT2D eigenvalue weighted by molar-refractivity contribution is 0.0909. The third-order valence-electron chi connectivity index (χ3n) is 6.36. The van der Waals surface area contributed by atoms with Crippen molar-refractivity contribution < 1.29 is 9.59 Å². The molecule has 1 aromatic carbocycles. The number of rotatable bonds is 9. The number of primary amides is 1. The van der Waals surface area contributed by atoms with E-state index in [1.54, 1.807) is 18.5 Å². The maximum Gasteiger partial charge on any atom is 0.250 e. The number of nitrogens with zero attached hydrogens (tertiary/aromatic N) is 4. The predicted molar refractivity (Wildman–Crippen MR) is 137 cm³/mol. The van der Waals surface area contributed by atoms with Crippen molar-refractivity contribution in [3.8, 4) is 5.69 Å². The van der Waals surface area contributed by atoms with Crippen LogP contribution < -0.4 is 16.0 Å². The monoisotopic (exact) mass is 477 g/mol. The third-order valence-corrected chi connectivity index (χ3v) is 6.36. The number of ketones is 1. The van der Waals surface area contributed by atoms with Gasteiger partial charge in [-0.25, -0.2) is 4.68 Å². The van der Waals surface area contributed by atoms with Gasteiger partial charge in [0.2, 0.25) is 0 Å². The highest BCUT2D eigenvalue weighted by Crippen LogP contribution is 2.38. The summed E-state index contributed by atoms with van der Waals surface area (Å²) in [6, 6.07) is 5.50. The summed E-state index contributed by atoms with van der Waals surface area (Å²) in [5.41, 5.74) is 10.7. The number of H-pyrrole nitrogens is 1. The Bertz CT molecular complexity index is 1220. The van der Waals surface area contributed by atoms with E-state index in [1.165, 1.54) is 0 Å². The van der Waals surface area contributed by atoms with Crippen LogP contribution in [-0.4, -0.2) is 51.3 Å². The highest BCUT2D eigenvalue weighted by atomic mass is 16.1. The first-order valence-electron chi connectivity index (χ1n) is 12.1. The number of carbonyl (C=O) groups excluding carboxylic acids is 2. The van der Waals surface area contributed by atoms with Crippen LogP contribution in [0.3, 0.4) is 0 Å². The average molecular weight is 478 g/mol. The zero-order chi connectivity index (χ0) is 25.3. The second kappa shape index (κ2) is 9.65. The Labute approximate surface area is 206 Å². The summed E-state index contributed by atoms with van der Waals surface area (Å²) in [5, 5.41) is 15.2. The van der Waals surface area contributed by atoms with Gasteiger partial charge in [0.1, 0.15) is 0 Å². The topological polar surface area (TPSA) is 122 Å². The maximum absolute atomic E-state index is 12.9. The number of aromatic amines is 1. The molecule has 0 atom stereocenters. The minimum absolute atomic E-state index is 0.130. The SMILES string of the molecule is Cc1nn(-c2ccc(C(N)=O)c(N(CCNCC(C)C)c3cn[nH]c3)c2)c2c1C(=O)CC(C)(C)C2. The van der Waals surface area contributed by atoms with Gasteiger partial charge < -0.3 is 16.0 Å². The highest BCUT2D eigenvalue weighted by Gasteiger charge is 2.36. The number of fused-ring (bicyclic) bond motifs is 1. The molecule has 1 amide bonds. The van der Waals surface area contributed by atoms with Gasteiger partial charge in [0.05, 0.1) is 45.8 Å². The number of amides is 1. The van der Waals surface area contributed by atoms with Gasteiger partial charge in [-0.1, -0.05) is 27.7 Å². The van der Waals surface area contributed by atoms with Gasteiger partial charge in [0.15, 0.2) is 5.78 Å². The second-order valence-electron chi connectivity index (χ2n) is 10.5. The van der Waals surface area contributed by atoms with Gasteiger partial charge in [-0.3, -0.25) is 14.7 Å². The van der Waals surface area contributed by atoms with Gasteiger partial charge in [0.25, 0.3) is 5.91 Å². The number of benzene rings is 1. The molecule has 3 aromatic rings. The Kier molecular flexibility index (Phi) is 6.80. The summed E-state index contributed by atoms with van der Waals surface area (Å²) in [4.78, 5) is 27.3. The Balaban J connectivity index is 1.79. The zero-order valence-electron chi connectivity index (χ0n) is 21.2. The van der Waals surface area contributed by atoms with Crippen LogP contribution in [0.25, 0.3) is 5.69 Å². The quantitative estimate of drug-likeness (QED) is 0.405. The molecule has 186 valence electrons. The molecule has 2 heterocycles. The number of aryl methyl sites for hydroxylation is 1. The molecule has 0 bridgehead atoms. The number of hydrogen-bond donors (Lipinski definition) is 3. The molecule has 0 saturated heterocycles. The number of nitrogens with one attached hydrogen (secondary N) is 2. The minimum Gasteiger partial charge on any atom is -0.366 e. The largest absolute Gasteiger partial charge is 0.366 e. The van der Waals surface area contributed by atoms with Crippen molar-refractivity contribution in [1.82, 2.24) is 25.3 Å². The zero-order valence-corrected chi connectivity index (χ0v) is 21.2. The summed E-state index contributed by atoms with van der Waals surface area (Å²) in [7, 11) is 0. The summed E-state index contributed by atoms with van der Waals surface area (Å²) in [5.74, 6) is 0.151. The second-order valence-corrected chi connectivity index (χ2v) is 10.5. The van der Waals surface area contributed by atoms with Gasteiger partial charge in [0, 0.05) is 25.7 Å². The molecule has 2 aromatic heterocycles. The van der Waals surface area contributed by atoms with Crippen molar-refractivity contribution in [2.75, 3.05) is 24.5 Å². The summed E-state index contributed by atoms with van der Waals surface area (Å²) in [6.45, 7) is 12.6. The number of Topliss-reactive ketones (excluding diaryl/α,β-unsaturated/α-hetero) is 1. The number of anilines is 2. The average Bonchev–Trinajstić information content (AvgIpc) is 3.40. The van der Waals surface area contributed by atoms with Crippen molar-refractivity contribution >= 4 is 23.1 Å². The molecule has 0 unspecified atom stereocenters. The molecule has 9 nitrogen and oxygen atoms in total. The minimum atomic E-state index is -0.509. The summed E-state index contributed by atoms with van der Waals surface area (Å²) < 4.78 is 1.85. The van der Waals surface area contributed by atoms with Crippen LogP contribution in [0.5, 0.6) is 0 Å². The van der Waals surface area contributed by atoms with E-state index in [-0.39, 0.29) is 11.2 Å². The van der Waals surface area contributed by atoms with E-state index in [1.807, 2.05) is 28.6 Å². The molecule has 0 spiro atoms. The fourth-order valence-corrected chi connectivity index (χ4v) is 4.80. The van der Waals surface area contributed by atoms with Crippen LogP contribution in [0.4, 0.5) is 11.4 Å². The van der Waals surface area contributed by atoms with E-state index in [9.17, 15) is 9.59 Å². The fourth-order valence-electron chi connectivity index (χ4n) is 4.80. The lowest BCUT2D eigenvalue weighted by atomic mass is 9.75. The molecule has 1 aliphatic rings. The van der Waals surface area contributed by atoms with Crippen LogP contribution in [0.2, 0.25) is 0 Å². The van der Waals surface area contributed by atoms with Crippen LogP contribution >= 0.6 is 0 Å². The van der Waals surface area contributed by atoms with Crippen LogP contribution in [-0.2, 0) is 6.42 Å². The molecule has 0 radical (unpaired) electrons. The molecule has 1 aliphatic carbocycles. The summed E-state index contributed by atoms with van der Waals surface area (Å²) in [6.07, 6.45) is 4.77. The Morgan fingerprint density at radius 1 is 1.31 bits per heavy atom. The van der Waals surface area contributed by atoms with E-state index in [0.717, 1.165) is 41.3 Å². The Hall–Kier alpha value is -3.46. The van der Waals surface area contributed by atoms with Crippen molar-refractivity contribution in [3.63, 3.8) is 0 Å². The van der Waals surface area contributed by atoms with Gasteiger partial charge >= 0.3 is 0 Å². The number of carbonyl (C=O) groups is 2. The van der Waals surface area contributed by atoms with E-state index < -0.39 is 5.91 Å². The first-order valence-corrected chi connectivity index (χ1v) is 12.1. The van der Waals surface area contributed by atoms with Crippen LogP contribution in [0.15, 0.2) is 30.6 Å². The van der Waals surface area contributed by atoms with E-state index in [0.29, 0.717) is 36.7 Å². The molecule has 0 saturated carbocycles. The molecular formula is C26H35N7O2. The molecule has 0 aliphatic heterocycles. The standard InChI is InChI=1S/C26H35N7O2/c1-16(2)13-28-8-9-32(19-14-29-30-15-19)21-10-18(6-7-20(21)25(27)35)33-22-11-26(4,5)12-23(34)24(22)17(3)31-33/h6-7,10,14-16,28H,8-9,11-13H2,1-5H3,(H2,27,35)(H,29,30). The first kappa shape index (κ1) is 24.7. The first-order chi connectivity index (χ1) is 16.6. The summed E-state index contributed by atoms with van der Waals surface area (Å²) >= 11 is 0. The van der Waals surface area contributed by atoms with E-state index in [2.05, 4.69) is 43.2 Å². The maximum atomic E-state index is 12.9. The van der Waals surface area contributed by atoms with Crippen LogP contribution in [0, 0.1) is 18.3 Å². The van der Waals surface area contributed by atoms with Crippen LogP contribution in [0.1, 0.15) is 66.2 Å². The Morgan fingerprint density at radius 3 is 2.74 bits per heavy atom. The van der Waals surface area contributed by atoms with Gasteiger partial charge in [-0.05, 0) is 49.4 Å². The lowest BCUT2D eigenvalue weighted by Crippen LogP contribution is -2.32. The smallest absolute Gasteiger partial charge is 0.250 e. The van der Waals surface area contributed by atoms with E-state index in [4.69, 9.17) is 10.8 Å². The fraction of sp³-hybridized carbons (Fsp3) is 0.462. The highest BCUT2D eigenvalue weighted by molar-refractivity contribution is 6.01.